The van der Waals surface area contributed by atoms with Crippen LogP contribution < -0.4 is 15.8 Å². The molecule has 0 aromatic heterocycles. The van der Waals surface area contributed by atoms with Gasteiger partial charge >= 0.3 is 0 Å². The van der Waals surface area contributed by atoms with Crippen LogP contribution in [0.15, 0.2) is 34.8 Å². The first-order valence-corrected chi connectivity index (χ1v) is 6.92. The Kier molecular flexibility index (Phi) is 4.47. The Balaban J connectivity index is 2.32. The molecule has 0 saturated heterocycles. The Morgan fingerprint density at radius 1 is 1.33 bits per heavy atom. The lowest BCUT2D eigenvalue weighted by atomic mass is 10.1. The third kappa shape index (κ3) is 3.33. The van der Waals surface area contributed by atoms with E-state index in [1.165, 1.54) is 13.2 Å². The minimum absolute atomic E-state index is 0.328. The van der Waals surface area contributed by atoms with Gasteiger partial charge in [-0.15, -0.1) is 0 Å². The molecule has 21 heavy (non-hydrogen) atoms. The maximum absolute atomic E-state index is 13.6. The molecule has 0 aliphatic heterocycles. The van der Waals surface area contributed by atoms with E-state index in [0.717, 1.165) is 5.56 Å². The van der Waals surface area contributed by atoms with Crippen molar-refractivity contribution in [2.45, 2.75) is 6.92 Å². The first-order valence-electron chi connectivity index (χ1n) is 6.13. The molecule has 3 N–H and O–H groups in total. The highest BCUT2D eigenvalue weighted by Crippen LogP contribution is 2.26. The standard InChI is InChI=1S/C15H14BrFN2O2/c1-8-5-11(16)12(17)7-13(8)19-15(20)10-4-3-9(18)6-14(10)21-2/h3-7H,18H2,1-2H3,(H,19,20). The van der Waals surface area contributed by atoms with Gasteiger partial charge in [0.05, 0.1) is 17.1 Å². The molecule has 0 aliphatic carbocycles. The lowest BCUT2D eigenvalue weighted by molar-refractivity contribution is 0.102. The molecule has 0 unspecified atom stereocenters. The third-order valence-corrected chi connectivity index (χ3v) is 3.59. The number of nitrogens with one attached hydrogen (secondary N) is 1. The number of carbonyl (C=O) groups excluding carboxylic acids is 1. The van der Waals surface area contributed by atoms with Crippen molar-refractivity contribution in [2.24, 2.45) is 0 Å². The third-order valence-electron chi connectivity index (χ3n) is 2.99. The Hall–Kier alpha value is -2.08. The predicted molar refractivity (Wildman–Crippen MR) is 84.2 cm³/mol. The van der Waals surface area contributed by atoms with Gasteiger partial charge in [-0.25, -0.2) is 4.39 Å². The highest BCUT2D eigenvalue weighted by Gasteiger charge is 2.14. The first kappa shape index (κ1) is 15.3. The monoisotopic (exact) mass is 352 g/mol. The number of nitrogen functional groups attached to an aromatic ring is 1. The van der Waals surface area contributed by atoms with Crippen LogP contribution in [0.1, 0.15) is 15.9 Å². The number of methoxy groups -OCH3 is 1. The minimum Gasteiger partial charge on any atom is -0.496 e. The Labute approximate surface area is 130 Å². The van der Waals surface area contributed by atoms with Crippen molar-refractivity contribution in [1.82, 2.24) is 0 Å². The van der Waals surface area contributed by atoms with Gasteiger partial charge in [0.15, 0.2) is 0 Å². The van der Waals surface area contributed by atoms with Crippen molar-refractivity contribution in [2.75, 3.05) is 18.2 Å². The van der Waals surface area contributed by atoms with Gasteiger partial charge < -0.3 is 15.8 Å². The van der Waals surface area contributed by atoms with Crippen LogP contribution >= 0.6 is 15.9 Å². The molecule has 0 saturated carbocycles. The zero-order valence-electron chi connectivity index (χ0n) is 11.5. The molecule has 0 spiro atoms. The van der Waals surface area contributed by atoms with Crippen LogP contribution in [0.25, 0.3) is 0 Å². The molecule has 0 aliphatic rings. The molecule has 0 heterocycles. The van der Waals surface area contributed by atoms with Gasteiger partial charge in [0.1, 0.15) is 11.6 Å². The van der Waals surface area contributed by atoms with Crippen LogP contribution in [0.5, 0.6) is 5.75 Å². The number of ether oxygens (including phenoxy) is 1. The predicted octanol–water partition coefficient (Wildman–Crippen LogP) is 3.74. The molecule has 2 rings (SSSR count). The van der Waals surface area contributed by atoms with Crippen LogP contribution in [0.3, 0.4) is 0 Å². The van der Waals surface area contributed by atoms with Crippen LogP contribution in [0.2, 0.25) is 0 Å². The van der Waals surface area contributed by atoms with E-state index in [1.54, 1.807) is 31.2 Å². The number of hydrogen-bond donors (Lipinski definition) is 2. The van der Waals surface area contributed by atoms with Crippen molar-refractivity contribution >= 4 is 33.2 Å². The molecule has 110 valence electrons. The summed E-state index contributed by atoms with van der Waals surface area (Å²) >= 11 is 3.10. The zero-order chi connectivity index (χ0) is 15.6. The Bertz CT molecular complexity index is 704. The number of aryl methyl sites for hydroxylation is 1. The molecule has 4 nitrogen and oxygen atoms in total. The van der Waals surface area contributed by atoms with Gasteiger partial charge in [-0.3, -0.25) is 4.79 Å². The highest BCUT2D eigenvalue weighted by molar-refractivity contribution is 9.10. The largest absolute Gasteiger partial charge is 0.496 e. The van der Waals surface area contributed by atoms with E-state index >= 15 is 0 Å². The van der Waals surface area contributed by atoms with Crippen molar-refractivity contribution < 1.29 is 13.9 Å². The number of nitrogens with two attached hydrogens (primary N) is 1. The number of carbonyl (C=O) groups is 1. The summed E-state index contributed by atoms with van der Waals surface area (Å²) in [4.78, 5) is 12.3. The molecule has 2 aromatic carbocycles. The number of amides is 1. The van der Waals surface area contributed by atoms with E-state index in [4.69, 9.17) is 10.5 Å². The number of rotatable bonds is 3. The second-order valence-corrected chi connectivity index (χ2v) is 5.35. The van der Waals surface area contributed by atoms with E-state index < -0.39 is 11.7 Å². The number of anilines is 2. The van der Waals surface area contributed by atoms with Crippen LogP contribution in [0.4, 0.5) is 15.8 Å². The van der Waals surface area contributed by atoms with Crippen LogP contribution in [-0.4, -0.2) is 13.0 Å². The van der Waals surface area contributed by atoms with Crippen molar-refractivity contribution in [3.8, 4) is 5.75 Å². The summed E-state index contributed by atoms with van der Waals surface area (Å²) in [6.07, 6.45) is 0. The number of halogens is 2. The summed E-state index contributed by atoms with van der Waals surface area (Å²) in [5.74, 6) is -0.473. The molecule has 0 radical (unpaired) electrons. The van der Waals surface area contributed by atoms with Gasteiger partial charge in [0.2, 0.25) is 0 Å². The van der Waals surface area contributed by atoms with E-state index in [-0.39, 0.29) is 0 Å². The van der Waals surface area contributed by atoms with E-state index in [1.807, 2.05) is 0 Å². The van der Waals surface area contributed by atoms with Gasteiger partial charge in [0.25, 0.3) is 5.91 Å². The van der Waals surface area contributed by atoms with E-state index in [2.05, 4.69) is 21.2 Å². The van der Waals surface area contributed by atoms with E-state index in [9.17, 15) is 9.18 Å². The summed E-state index contributed by atoms with van der Waals surface area (Å²) in [5, 5.41) is 2.67. The van der Waals surface area contributed by atoms with Gasteiger partial charge in [0, 0.05) is 17.4 Å². The topological polar surface area (TPSA) is 64.3 Å². The maximum Gasteiger partial charge on any atom is 0.259 e. The second kappa shape index (κ2) is 6.13. The van der Waals surface area contributed by atoms with Crippen LogP contribution in [-0.2, 0) is 0 Å². The summed E-state index contributed by atoms with van der Waals surface area (Å²) in [5.41, 5.74) is 7.62. The van der Waals surface area contributed by atoms with Crippen molar-refractivity contribution in [1.29, 1.82) is 0 Å². The first-order chi connectivity index (χ1) is 9.92. The summed E-state index contributed by atoms with van der Waals surface area (Å²) in [7, 11) is 1.45. The highest BCUT2D eigenvalue weighted by atomic mass is 79.9. The molecule has 2 aromatic rings. The van der Waals surface area contributed by atoms with Gasteiger partial charge in [-0.2, -0.15) is 0 Å². The fourth-order valence-electron chi connectivity index (χ4n) is 1.87. The number of benzene rings is 2. The fraction of sp³-hybridized carbons (Fsp3) is 0.133. The Morgan fingerprint density at radius 3 is 2.71 bits per heavy atom. The average molecular weight is 353 g/mol. The van der Waals surface area contributed by atoms with E-state index in [0.29, 0.717) is 27.2 Å². The molecule has 0 atom stereocenters. The van der Waals surface area contributed by atoms with Crippen molar-refractivity contribution in [3.63, 3.8) is 0 Å². The second-order valence-electron chi connectivity index (χ2n) is 4.50. The molecule has 0 bridgehead atoms. The number of hydrogen-bond acceptors (Lipinski definition) is 3. The molecular weight excluding hydrogens is 339 g/mol. The fourth-order valence-corrected chi connectivity index (χ4v) is 2.32. The average Bonchev–Trinajstić information content (AvgIpc) is 2.44. The Morgan fingerprint density at radius 2 is 2.05 bits per heavy atom. The smallest absolute Gasteiger partial charge is 0.259 e. The SMILES string of the molecule is COc1cc(N)ccc1C(=O)Nc1cc(F)c(Br)cc1C. The summed E-state index contributed by atoms with van der Waals surface area (Å²) < 4.78 is 19.1. The molecular formula is C15H14BrFN2O2. The maximum atomic E-state index is 13.6. The summed E-state index contributed by atoms with van der Waals surface area (Å²) in [6.45, 7) is 1.78. The minimum atomic E-state index is -0.444. The normalized spacial score (nSPS) is 10.3. The van der Waals surface area contributed by atoms with Gasteiger partial charge in [-0.05, 0) is 52.7 Å². The molecule has 6 heteroatoms. The lowest BCUT2D eigenvalue weighted by Gasteiger charge is -2.12. The van der Waals surface area contributed by atoms with Gasteiger partial charge in [-0.1, -0.05) is 0 Å². The van der Waals surface area contributed by atoms with Crippen LogP contribution in [0, 0.1) is 12.7 Å². The molecule has 0 fully saturated rings. The summed E-state index contributed by atoms with van der Waals surface area (Å²) in [6, 6.07) is 7.59. The quantitative estimate of drug-likeness (QED) is 0.827. The van der Waals surface area contributed by atoms with Crippen molar-refractivity contribution in [3.05, 3.63) is 51.7 Å². The lowest BCUT2D eigenvalue weighted by Crippen LogP contribution is -2.14. The zero-order valence-corrected chi connectivity index (χ0v) is 13.1. The molecule has 1 amide bonds.